The molecule has 0 saturated carbocycles. The Morgan fingerprint density at radius 3 is 2.03 bits per heavy atom. The second-order valence-corrected chi connectivity index (χ2v) is 22.7. The summed E-state index contributed by atoms with van der Waals surface area (Å²) in [5.74, 6) is -5.12. The zero-order chi connectivity index (χ0) is 65.3. The van der Waals surface area contributed by atoms with Gasteiger partial charge in [0.05, 0.1) is 67.2 Å². The fraction of sp³-hybridized carbons (Fsp3) is 0.639. The number of aliphatic hydroxyl groups excluding tert-OH is 2. The third-order valence-electron chi connectivity index (χ3n) is 16.0. The van der Waals surface area contributed by atoms with Crippen LogP contribution >= 0.6 is 0 Å². The van der Waals surface area contributed by atoms with E-state index in [1.165, 1.54) is 32.2 Å². The molecule has 482 valence electrons. The van der Waals surface area contributed by atoms with Gasteiger partial charge in [-0.25, -0.2) is 9.59 Å². The van der Waals surface area contributed by atoms with Crippen LogP contribution < -0.4 is 15.4 Å². The molecule has 2 aliphatic rings. The van der Waals surface area contributed by atoms with E-state index in [0.717, 1.165) is 38.0 Å². The summed E-state index contributed by atoms with van der Waals surface area (Å²) < 4.78 is 44.5. The number of nitrogens with one attached hydrogen (secondary N) is 2. The number of rotatable bonds is 29. The lowest BCUT2D eigenvalue weighted by Crippen LogP contribution is -2.63. The molecule has 2 aromatic rings. The Bertz CT molecular complexity index is 2740. The zero-order valence-corrected chi connectivity index (χ0v) is 52.4. The van der Waals surface area contributed by atoms with Crippen molar-refractivity contribution in [1.29, 1.82) is 0 Å². The molecule has 5 amide bonds. The van der Waals surface area contributed by atoms with Gasteiger partial charge in [-0.1, -0.05) is 91.3 Å². The number of likely N-dealkylation sites (tertiary alicyclic amines) is 1. The number of carbonyl (C=O) groups excluding carboxylic acids is 8. The normalized spacial score (nSPS) is 21.8. The first-order valence-electron chi connectivity index (χ1n) is 29.0. The van der Waals surface area contributed by atoms with Crippen LogP contribution in [0.15, 0.2) is 48.5 Å². The zero-order valence-electron chi connectivity index (χ0n) is 52.4. The largest absolute Gasteiger partial charge is 0.467 e. The number of nitro groups is 1. The minimum Gasteiger partial charge on any atom is -0.467 e. The molecule has 0 radical (unpaired) electrons. The number of benzene rings is 2. The van der Waals surface area contributed by atoms with Crippen LogP contribution in [-0.2, 0) is 66.7 Å². The van der Waals surface area contributed by atoms with E-state index in [1.54, 1.807) is 77.8 Å². The Kier molecular flexibility index (Phi) is 27.4. The molecule has 26 heteroatoms. The number of likely N-dealkylation sites (N-methyl/N-ethyl adjacent to an activating group) is 2. The van der Waals surface area contributed by atoms with Crippen molar-refractivity contribution in [1.82, 2.24) is 25.3 Å². The maximum Gasteiger partial charge on any atom is 0.410 e. The van der Waals surface area contributed by atoms with Gasteiger partial charge in [0.2, 0.25) is 36.0 Å². The maximum atomic E-state index is 14.9. The van der Waals surface area contributed by atoms with Crippen LogP contribution in [0.2, 0.25) is 0 Å². The summed E-state index contributed by atoms with van der Waals surface area (Å²) in [6, 6.07) is 8.10. The number of hydrogen-bond donors (Lipinski definition) is 4. The molecule has 26 nitrogen and oxygen atoms in total. The fourth-order valence-electron chi connectivity index (χ4n) is 11.2. The molecule has 16 atom stereocenters. The number of terminal acetylenes is 1. The maximum absolute atomic E-state index is 14.9. The van der Waals surface area contributed by atoms with Gasteiger partial charge in [0.15, 0.2) is 18.0 Å². The van der Waals surface area contributed by atoms with Crippen LogP contribution in [0.25, 0.3) is 0 Å². The Hall–Kier alpha value is -7.44. The molecule has 0 bridgehead atoms. The van der Waals surface area contributed by atoms with E-state index in [0.29, 0.717) is 31.4 Å². The van der Waals surface area contributed by atoms with E-state index in [-0.39, 0.29) is 36.1 Å². The van der Waals surface area contributed by atoms with Crippen molar-refractivity contribution in [3.8, 4) is 18.1 Å². The Morgan fingerprint density at radius 2 is 1.49 bits per heavy atom. The molecule has 3 unspecified atom stereocenters. The molecule has 2 saturated heterocycles. The standard InChI is InChI=1S/C61H88N6O20/c1-17-23-43(40-27-28-44(42(30-40)67(78)79)85-60-55(84-38(11)69)53(83-37(10)68)51(72)54(87-60)59(76)82-16)86-61(77)65(13)48(33(5)6)57(74)63-47(32(3)4)58(75)64(12)49(34(7)18-2)45(80-14)31-46(70)66-29-22-26-41(66)52(81-15)35(8)56(73)62-36(9)50(71)39-24-20-19-21-25-39/h1,19-21,24-25,27-28,30,32-36,41,43,45,47-55,60,71-72H,18,22-23,26,29,31H2,2-16H3,(H,62,73)(H,63,74)/t34-,35+,36+,41-,43?,45+,47-,48-,49-,50+,51-,52+,53-,54?,55?,60+/m0/s1. The Morgan fingerprint density at radius 1 is 0.862 bits per heavy atom. The summed E-state index contributed by atoms with van der Waals surface area (Å²) in [7, 11) is 6.82. The monoisotopic (exact) mass is 1220 g/mol. The van der Waals surface area contributed by atoms with Crippen LogP contribution in [0.3, 0.4) is 0 Å². The van der Waals surface area contributed by atoms with Gasteiger partial charge in [-0.15, -0.1) is 12.3 Å². The third kappa shape index (κ3) is 18.3. The highest BCUT2D eigenvalue weighted by molar-refractivity contribution is 5.92. The van der Waals surface area contributed by atoms with E-state index in [2.05, 4.69) is 16.6 Å². The smallest absolute Gasteiger partial charge is 0.410 e. The first kappa shape index (κ1) is 72.0. The first-order valence-corrected chi connectivity index (χ1v) is 29.0. The molecule has 2 fully saturated rings. The summed E-state index contributed by atoms with van der Waals surface area (Å²) in [6.07, 6.45) is -7.21. The van der Waals surface area contributed by atoms with Crippen molar-refractivity contribution in [2.24, 2.45) is 23.7 Å². The van der Waals surface area contributed by atoms with Crippen LogP contribution in [-0.4, -0.2) is 193 Å². The SMILES string of the molecule is C#CCC(OC(=O)N(C)[C@H](C(=O)N[C@H](C(=O)N(C)[C@@H]([C@@H](C)CC)[C@@H](CC(=O)N1CCC[C@H]1[C@H](OC)[C@@H](C)C(=O)N[C@H](C)[C@@H](O)c1ccccc1)OC)C(C)C)C(C)C)c1ccc(O[C@@H]2OC(C(=O)OC)[C@@H](O)[C@H](OC(C)=O)C2OC(C)=O)c([N+](=O)[O-])c1. The van der Waals surface area contributed by atoms with Crippen LogP contribution in [0.1, 0.15) is 125 Å². The second kappa shape index (κ2) is 33.1. The highest BCUT2D eigenvalue weighted by Gasteiger charge is 2.54. The number of amides is 5. The van der Waals surface area contributed by atoms with E-state index >= 15 is 0 Å². The molecule has 87 heavy (non-hydrogen) atoms. The summed E-state index contributed by atoms with van der Waals surface area (Å²) in [4.78, 5) is 125. The van der Waals surface area contributed by atoms with E-state index < -0.39 is 155 Å². The van der Waals surface area contributed by atoms with Crippen LogP contribution in [0, 0.1) is 46.1 Å². The number of methoxy groups -OCH3 is 3. The lowest BCUT2D eigenvalue weighted by atomic mass is 9.89. The first-order chi connectivity index (χ1) is 41.0. The van der Waals surface area contributed by atoms with Crippen molar-refractivity contribution in [2.75, 3.05) is 42.0 Å². The van der Waals surface area contributed by atoms with Crippen LogP contribution in [0.5, 0.6) is 5.75 Å². The van der Waals surface area contributed by atoms with Gasteiger partial charge in [-0.05, 0) is 49.1 Å². The number of nitrogens with zero attached hydrogens (tertiary/aromatic N) is 4. The van der Waals surface area contributed by atoms with Gasteiger partial charge in [0.1, 0.15) is 24.3 Å². The van der Waals surface area contributed by atoms with Crippen molar-refractivity contribution in [3.05, 3.63) is 69.8 Å². The molecule has 4 N–H and O–H groups in total. The Labute approximate surface area is 508 Å². The average molecular weight is 1230 g/mol. The van der Waals surface area contributed by atoms with Crippen molar-refractivity contribution in [2.45, 2.75) is 187 Å². The predicted molar refractivity (Wildman–Crippen MR) is 312 cm³/mol. The van der Waals surface area contributed by atoms with Gasteiger partial charge in [0.25, 0.3) is 0 Å². The van der Waals surface area contributed by atoms with Crippen molar-refractivity contribution in [3.63, 3.8) is 0 Å². The molecule has 0 spiro atoms. The van der Waals surface area contributed by atoms with Gasteiger partial charge in [0, 0.05) is 60.3 Å². The van der Waals surface area contributed by atoms with Crippen molar-refractivity contribution < 1.29 is 91.4 Å². The van der Waals surface area contributed by atoms with Gasteiger partial charge in [-0.2, -0.15) is 0 Å². The minimum absolute atomic E-state index is 0.0119. The van der Waals surface area contributed by atoms with Gasteiger partial charge >= 0.3 is 29.7 Å². The number of esters is 3. The number of aliphatic hydroxyl groups is 2. The van der Waals surface area contributed by atoms with Crippen molar-refractivity contribution >= 4 is 53.3 Å². The molecule has 0 aromatic heterocycles. The average Bonchev–Trinajstić information content (AvgIpc) is 1.62. The Balaban J connectivity index is 1.54. The molecular weight excluding hydrogens is 1140 g/mol. The van der Waals surface area contributed by atoms with Crippen LogP contribution in [0.4, 0.5) is 10.5 Å². The number of ether oxygens (including phenoxy) is 8. The fourth-order valence-corrected chi connectivity index (χ4v) is 11.2. The molecule has 2 aliphatic heterocycles. The lowest BCUT2D eigenvalue weighted by molar-refractivity contribution is -0.387. The minimum atomic E-state index is -1.95. The molecule has 2 aromatic carbocycles. The van der Waals surface area contributed by atoms with E-state index in [4.69, 9.17) is 44.3 Å². The lowest BCUT2D eigenvalue weighted by Gasteiger charge is -2.41. The molecule has 4 rings (SSSR count). The highest BCUT2D eigenvalue weighted by atomic mass is 16.7. The van der Waals surface area contributed by atoms with E-state index in [1.807, 2.05) is 19.9 Å². The molecule has 2 heterocycles. The number of hydrogen-bond acceptors (Lipinski definition) is 20. The summed E-state index contributed by atoms with van der Waals surface area (Å²) >= 11 is 0. The molecular formula is C61H88N6O20. The molecule has 0 aliphatic carbocycles. The highest BCUT2D eigenvalue weighted by Crippen LogP contribution is 2.37. The number of carbonyl (C=O) groups is 8. The summed E-state index contributed by atoms with van der Waals surface area (Å²) in [6.45, 7) is 16.5. The third-order valence-corrected chi connectivity index (χ3v) is 16.0. The second-order valence-electron chi connectivity index (χ2n) is 22.7. The number of nitro benzene ring substituents is 1. The van der Waals surface area contributed by atoms with Gasteiger partial charge < -0.3 is 68.5 Å². The topological polar surface area (TPSA) is 328 Å². The summed E-state index contributed by atoms with van der Waals surface area (Å²) in [5.41, 5.74) is -0.127. The predicted octanol–water partition coefficient (Wildman–Crippen LogP) is 4.55. The van der Waals surface area contributed by atoms with Gasteiger partial charge in [-0.3, -0.25) is 43.8 Å². The van der Waals surface area contributed by atoms with E-state index in [9.17, 15) is 58.7 Å². The summed E-state index contributed by atoms with van der Waals surface area (Å²) in [5, 5.41) is 40.3. The quantitative estimate of drug-likeness (QED) is 0.0285.